The Kier molecular flexibility index (Phi) is 3.95. The van der Waals surface area contributed by atoms with E-state index < -0.39 is 5.97 Å². The van der Waals surface area contributed by atoms with Crippen LogP contribution < -0.4 is 0 Å². The Bertz CT molecular complexity index is 733. The fraction of sp³-hybridized carbons (Fsp3) is 0.211. The van der Waals surface area contributed by atoms with Gasteiger partial charge >= 0.3 is 5.97 Å². The van der Waals surface area contributed by atoms with Crippen molar-refractivity contribution in [3.63, 3.8) is 0 Å². The van der Waals surface area contributed by atoms with Crippen LogP contribution in [0.15, 0.2) is 48.5 Å². The number of rotatable bonds is 3. The summed E-state index contributed by atoms with van der Waals surface area (Å²) in [6.07, 6.45) is 0.998. The van der Waals surface area contributed by atoms with Gasteiger partial charge in [0.05, 0.1) is 5.56 Å². The third-order valence-corrected chi connectivity index (χ3v) is 3.91. The molecule has 2 atom stereocenters. The molecule has 0 heterocycles. The number of aliphatic hydroxyl groups excluding tert-OH is 1. The molecule has 110 valence electrons. The number of hydrogen-bond acceptors (Lipinski definition) is 2. The maximum atomic E-state index is 10.8. The van der Waals surface area contributed by atoms with E-state index in [-0.39, 0.29) is 12.2 Å². The van der Waals surface area contributed by atoms with Crippen LogP contribution in [-0.4, -0.2) is 22.8 Å². The zero-order chi connectivity index (χ0) is 15.5. The summed E-state index contributed by atoms with van der Waals surface area (Å²) in [6, 6.07) is 14.7. The van der Waals surface area contributed by atoms with Gasteiger partial charge in [0.25, 0.3) is 0 Å². The first kappa shape index (κ1) is 14.4. The van der Waals surface area contributed by atoms with Crippen LogP contribution in [0.1, 0.15) is 22.3 Å². The summed E-state index contributed by atoms with van der Waals surface area (Å²) in [4.78, 5) is 10.8. The lowest BCUT2D eigenvalue weighted by Gasteiger charge is -2.02. The van der Waals surface area contributed by atoms with Crippen LogP contribution in [0.3, 0.4) is 0 Å². The molecule has 0 bridgehead atoms. The Morgan fingerprint density at radius 3 is 2.14 bits per heavy atom. The fourth-order valence-electron chi connectivity index (χ4n) is 2.35. The first-order valence-corrected chi connectivity index (χ1v) is 7.23. The Labute approximate surface area is 129 Å². The molecule has 3 rings (SSSR count). The van der Waals surface area contributed by atoms with Crippen molar-refractivity contribution in [1.82, 2.24) is 0 Å². The standard InChI is InChI=1S/C19H16O3/c20-12-18-11-17(18)6-3-13-1-4-14(5-2-13)15-7-9-16(10-8-15)19(21)22/h1-2,4-5,7-10,17-18,20H,11-12H2,(H,21,22). The van der Waals surface area contributed by atoms with Crippen LogP contribution in [0.2, 0.25) is 0 Å². The molecule has 2 aromatic carbocycles. The summed E-state index contributed by atoms with van der Waals surface area (Å²) >= 11 is 0. The molecule has 2 aromatic rings. The second kappa shape index (κ2) is 6.05. The second-order valence-corrected chi connectivity index (χ2v) is 5.51. The predicted octanol–water partition coefficient (Wildman–Crippen LogP) is 3.03. The summed E-state index contributed by atoms with van der Waals surface area (Å²) in [5.41, 5.74) is 3.25. The highest BCUT2D eigenvalue weighted by Gasteiger charge is 2.34. The van der Waals surface area contributed by atoms with Crippen molar-refractivity contribution >= 4 is 5.97 Å². The average molecular weight is 292 g/mol. The summed E-state index contributed by atoms with van der Waals surface area (Å²) in [5, 5.41) is 17.9. The highest BCUT2D eigenvalue weighted by Crippen LogP contribution is 2.37. The van der Waals surface area contributed by atoms with E-state index in [9.17, 15) is 4.79 Å². The smallest absolute Gasteiger partial charge is 0.335 e. The van der Waals surface area contributed by atoms with Gasteiger partial charge in [-0.05, 0) is 47.7 Å². The molecule has 3 heteroatoms. The molecular weight excluding hydrogens is 276 g/mol. The van der Waals surface area contributed by atoms with Gasteiger partial charge in [-0.3, -0.25) is 0 Å². The monoisotopic (exact) mass is 292 g/mol. The number of aromatic carboxylic acids is 1. The van der Waals surface area contributed by atoms with Gasteiger partial charge in [-0.15, -0.1) is 0 Å². The van der Waals surface area contributed by atoms with E-state index in [1.807, 2.05) is 24.3 Å². The van der Waals surface area contributed by atoms with Crippen LogP contribution in [0, 0.1) is 23.7 Å². The van der Waals surface area contributed by atoms with E-state index in [1.165, 1.54) is 0 Å². The molecule has 3 nitrogen and oxygen atoms in total. The van der Waals surface area contributed by atoms with Crippen molar-refractivity contribution in [3.8, 4) is 23.0 Å². The van der Waals surface area contributed by atoms with Gasteiger partial charge in [-0.25, -0.2) is 4.79 Å². The molecular formula is C19H16O3. The molecule has 0 aromatic heterocycles. The van der Waals surface area contributed by atoms with E-state index in [0.29, 0.717) is 11.8 Å². The lowest BCUT2D eigenvalue weighted by molar-refractivity contribution is 0.0697. The van der Waals surface area contributed by atoms with E-state index in [2.05, 4.69) is 11.8 Å². The largest absolute Gasteiger partial charge is 0.478 e. The maximum absolute atomic E-state index is 10.8. The highest BCUT2D eigenvalue weighted by molar-refractivity contribution is 5.88. The number of carboxylic acid groups (broad SMARTS) is 1. The summed E-state index contributed by atoms with van der Waals surface area (Å²) < 4.78 is 0. The second-order valence-electron chi connectivity index (χ2n) is 5.51. The van der Waals surface area contributed by atoms with Crippen molar-refractivity contribution < 1.29 is 15.0 Å². The summed E-state index contributed by atoms with van der Waals surface area (Å²) in [7, 11) is 0. The quantitative estimate of drug-likeness (QED) is 0.855. The minimum absolute atomic E-state index is 0.227. The zero-order valence-corrected chi connectivity index (χ0v) is 12.0. The van der Waals surface area contributed by atoms with Crippen LogP contribution in [-0.2, 0) is 0 Å². The van der Waals surface area contributed by atoms with Crippen molar-refractivity contribution in [2.45, 2.75) is 6.42 Å². The topological polar surface area (TPSA) is 57.5 Å². The third kappa shape index (κ3) is 3.19. The Morgan fingerprint density at radius 1 is 1.05 bits per heavy atom. The summed E-state index contributed by atoms with van der Waals surface area (Å²) in [5.74, 6) is 6.10. The summed E-state index contributed by atoms with van der Waals surface area (Å²) in [6.45, 7) is 0.227. The van der Waals surface area contributed by atoms with Crippen LogP contribution in [0.5, 0.6) is 0 Å². The van der Waals surface area contributed by atoms with Gasteiger partial charge in [0, 0.05) is 18.1 Å². The van der Waals surface area contributed by atoms with Gasteiger partial charge in [0.2, 0.25) is 0 Å². The zero-order valence-electron chi connectivity index (χ0n) is 12.0. The number of benzene rings is 2. The minimum Gasteiger partial charge on any atom is -0.478 e. The molecule has 0 saturated heterocycles. The first-order chi connectivity index (χ1) is 10.7. The molecule has 0 aliphatic heterocycles. The molecule has 1 fully saturated rings. The molecule has 1 saturated carbocycles. The molecule has 0 amide bonds. The van der Waals surface area contributed by atoms with Crippen LogP contribution in [0.25, 0.3) is 11.1 Å². The molecule has 2 N–H and O–H groups in total. The SMILES string of the molecule is O=C(O)c1ccc(-c2ccc(C#CC3CC3CO)cc2)cc1. The molecule has 0 spiro atoms. The van der Waals surface area contributed by atoms with E-state index in [1.54, 1.807) is 24.3 Å². The van der Waals surface area contributed by atoms with E-state index >= 15 is 0 Å². The van der Waals surface area contributed by atoms with E-state index in [4.69, 9.17) is 10.2 Å². The van der Waals surface area contributed by atoms with Crippen LogP contribution in [0.4, 0.5) is 0 Å². The first-order valence-electron chi connectivity index (χ1n) is 7.23. The van der Waals surface area contributed by atoms with Crippen molar-refractivity contribution in [3.05, 3.63) is 59.7 Å². The Morgan fingerprint density at radius 2 is 1.64 bits per heavy atom. The van der Waals surface area contributed by atoms with Gasteiger partial charge < -0.3 is 10.2 Å². The van der Waals surface area contributed by atoms with Crippen LogP contribution >= 0.6 is 0 Å². The molecule has 0 radical (unpaired) electrons. The molecule has 22 heavy (non-hydrogen) atoms. The third-order valence-electron chi connectivity index (χ3n) is 3.91. The van der Waals surface area contributed by atoms with Gasteiger partial charge in [0.15, 0.2) is 0 Å². The van der Waals surface area contributed by atoms with Gasteiger partial charge in [-0.2, -0.15) is 0 Å². The number of carboxylic acids is 1. The highest BCUT2D eigenvalue weighted by atomic mass is 16.4. The lowest BCUT2D eigenvalue weighted by atomic mass is 10.0. The molecule has 1 aliphatic rings. The lowest BCUT2D eigenvalue weighted by Crippen LogP contribution is -1.94. The number of hydrogen-bond donors (Lipinski definition) is 2. The predicted molar refractivity (Wildman–Crippen MR) is 84.4 cm³/mol. The fourth-order valence-corrected chi connectivity index (χ4v) is 2.35. The van der Waals surface area contributed by atoms with Crippen molar-refractivity contribution in [1.29, 1.82) is 0 Å². The van der Waals surface area contributed by atoms with Crippen molar-refractivity contribution in [2.75, 3.05) is 6.61 Å². The Balaban J connectivity index is 1.72. The number of aliphatic hydroxyl groups is 1. The maximum Gasteiger partial charge on any atom is 0.335 e. The molecule has 2 unspecified atom stereocenters. The van der Waals surface area contributed by atoms with Gasteiger partial charge in [-0.1, -0.05) is 36.1 Å². The minimum atomic E-state index is -0.918. The molecule has 1 aliphatic carbocycles. The van der Waals surface area contributed by atoms with Crippen molar-refractivity contribution in [2.24, 2.45) is 11.8 Å². The number of carbonyl (C=O) groups is 1. The Hall–Kier alpha value is -2.57. The average Bonchev–Trinajstić information content (AvgIpc) is 3.32. The van der Waals surface area contributed by atoms with Gasteiger partial charge in [0.1, 0.15) is 0 Å². The van der Waals surface area contributed by atoms with E-state index in [0.717, 1.165) is 23.1 Å². The normalized spacial score (nSPS) is 19.1.